The summed E-state index contributed by atoms with van der Waals surface area (Å²) in [6, 6.07) is 6.57. The third-order valence-electron chi connectivity index (χ3n) is 1.99. The van der Waals surface area contributed by atoms with Gasteiger partial charge in [-0.15, -0.1) is 0 Å². The summed E-state index contributed by atoms with van der Waals surface area (Å²) in [5, 5.41) is 8.80. The molecule has 1 saturated carbocycles. The van der Waals surface area contributed by atoms with Gasteiger partial charge in [0.25, 0.3) is 0 Å². The Morgan fingerprint density at radius 1 is 1.36 bits per heavy atom. The quantitative estimate of drug-likeness (QED) is 0.671. The first kappa shape index (κ1) is 11.6. The van der Waals surface area contributed by atoms with Gasteiger partial charge in [-0.25, -0.2) is 0 Å². The van der Waals surface area contributed by atoms with Crippen molar-refractivity contribution in [2.45, 2.75) is 12.8 Å². The number of ether oxygens (including phenoxy) is 1. The molecule has 0 atom stereocenters. The van der Waals surface area contributed by atoms with E-state index in [1.807, 2.05) is 0 Å². The number of halogens is 1. The van der Waals surface area contributed by atoms with Gasteiger partial charge in [0, 0.05) is 4.43 Å². The van der Waals surface area contributed by atoms with E-state index < -0.39 is 0 Å². The number of hydrogen-bond donors (Lipinski definition) is 1. The second-order valence-electron chi connectivity index (χ2n) is 3.30. The lowest BCUT2D eigenvalue weighted by molar-refractivity contribution is 0.412. The Labute approximate surface area is 98.4 Å². The van der Waals surface area contributed by atoms with Crippen molar-refractivity contribution in [3.63, 3.8) is 0 Å². The lowest BCUT2D eigenvalue weighted by Crippen LogP contribution is -1.79. The van der Waals surface area contributed by atoms with Crippen molar-refractivity contribution in [2.75, 3.05) is 11.5 Å². The summed E-state index contributed by atoms with van der Waals surface area (Å²) in [7, 11) is 1.59. The SMILES string of the molecule is COc1ccc(O)cc1.ICC1CC1. The molecule has 78 valence electrons. The largest absolute Gasteiger partial charge is 0.508 e. The van der Waals surface area contributed by atoms with Crippen LogP contribution >= 0.6 is 22.6 Å². The summed E-state index contributed by atoms with van der Waals surface area (Å²) in [5.41, 5.74) is 0. The number of rotatable bonds is 2. The lowest BCUT2D eigenvalue weighted by Gasteiger charge is -1.96. The molecule has 0 amide bonds. The maximum absolute atomic E-state index is 8.80. The van der Waals surface area contributed by atoms with E-state index in [4.69, 9.17) is 9.84 Å². The van der Waals surface area contributed by atoms with Gasteiger partial charge in [-0.2, -0.15) is 0 Å². The van der Waals surface area contributed by atoms with Crippen LogP contribution in [-0.4, -0.2) is 16.6 Å². The fourth-order valence-electron chi connectivity index (χ4n) is 0.854. The normalized spacial score (nSPS) is 14.1. The molecule has 1 aromatic rings. The second kappa shape index (κ2) is 6.11. The molecule has 1 aliphatic carbocycles. The van der Waals surface area contributed by atoms with Crippen LogP contribution in [0.2, 0.25) is 0 Å². The topological polar surface area (TPSA) is 29.5 Å². The molecule has 14 heavy (non-hydrogen) atoms. The molecular formula is C11H15IO2. The standard InChI is InChI=1S/C7H8O2.C4H7I/c1-9-7-4-2-6(8)3-5-7;5-3-4-1-2-4/h2-5,8H,1H3;4H,1-3H2. The van der Waals surface area contributed by atoms with E-state index in [0.717, 1.165) is 11.7 Å². The predicted octanol–water partition coefficient (Wildman–Crippen LogP) is 3.23. The Morgan fingerprint density at radius 2 is 1.93 bits per heavy atom. The minimum atomic E-state index is 0.260. The molecule has 0 unspecified atom stereocenters. The summed E-state index contributed by atoms with van der Waals surface area (Å²) in [6.07, 6.45) is 3.01. The molecule has 0 saturated heterocycles. The van der Waals surface area contributed by atoms with Gasteiger partial charge in [0.05, 0.1) is 7.11 Å². The fourth-order valence-corrected chi connectivity index (χ4v) is 1.74. The average Bonchev–Trinajstić information content (AvgIpc) is 3.03. The lowest BCUT2D eigenvalue weighted by atomic mass is 10.3. The number of hydrogen-bond acceptors (Lipinski definition) is 2. The van der Waals surface area contributed by atoms with Gasteiger partial charge in [0.15, 0.2) is 0 Å². The van der Waals surface area contributed by atoms with E-state index in [9.17, 15) is 0 Å². The molecule has 0 heterocycles. The second-order valence-corrected chi connectivity index (χ2v) is 4.18. The molecule has 0 spiro atoms. The first-order chi connectivity index (χ1) is 6.76. The highest BCUT2D eigenvalue weighted by Crippen LogP contribution is 2.30. The molecule has 3 heteroatoms. The van der Waals surface area contributed by atoms with E-state index in [1.54, 1.807) is 31.4 Å². The number of methoxy groups -OCH3 is 1. The number of benzene rings is 1. The molecule has 2 rings (SSSR count). The van der Waals surface area contributed by atoms with Crippen molar-refractivity contribution in [3.05, 3.63) is 24.3 Å². The van der Waals surface area contributed by atoms with Crippen LogP contribution in [-0.2, 0) is 0 Å². The number of aromatic hydroxyl groups is 1. The van der Waals surface area contributed by atoms with E-state index >= 15 is 0 Å². The van der Waals surface area contributed by atoms with Crippen LogP contribution in [0.4, 0.5) is 0 Å². The third-order valence-corrected chi connectivity index (χ3v) is 3.23. The van der Waals surface area contributed by atoms with E-state index in [2.05, 4.69) is 22.6 Å². The molecule has 0 aromatic heterocycles. The zero-order chi connectivity index (χ0) is 10.4. The molecule has 1 aromatic carbocycles. The number of phenols is 1. The average molecular weight is 306 g/mol. The Morgan fingerprint density at radius 3 is 2.21 bits per heavy atom. The van der Waals surface area contributed by atoms with E-state index in [-0.39, 0.29) is 5.75 Å². The molecule has 1 aliphatic rings. The van der Waals surface area contributed by atoms with Crippen molar-refractivity contribution >= 4 is 22.6 Å². The molecular weight excluding hydrogens is 291 g/mol. The summed E-state index contributed by atoms with van der Waals surface area (Å²) < 4.78 is 6.24. The predicted molar refractivity (Wildman–Crippen MR) is 66.3 cm³/mol. The summed E-state index contributed by atoms with van der Waals surface area (Å²) in [6.45, 7) is 0. The summed E-state index contributed by atoms with van der Waals surface area (Å²) >= 11 is 2.44. The molecule has 1 fully saturated rings. The van der Waals surface area contributed by atoms with Gasteiger partial charge < -0.3 is 9.84 Å². The van der Waals surface area contributed by atoms with Gasteiger partial charge >= 0.3 is 0 Å². The van der Waals surface area contributed by atoms with Crippen LogP contribution in [0.3, 0.4) is 0 Å². The van der Waals surface area contributed by atoms with Crippen molar-refractivity contribution in [2.24, 2.45) is 5.92 Å². The van der Waals surface area contributed by atoms with E-state index in [1.165, 1.54) is 17.3 Å². The van der Waals surface area contributed by atoms with Crippen LogP contribution in [0.5, 0.6) is 11.5 Å². The Balaban J connectivity index is 0.000000165. The number of phenolic OH excluding ortho intramolecular Hbond substituents is 1. The highest BCUT2D eigenvalue weighted by atomic mass is 127. The Kier molecular flexibility index (Phi) is 5.07. The van der Waals surface area contributed by atoms with Crippen molar-refractivity contribution in [3.8, 4) is 11.5 Å². The van der Waals surface area contributed by atoms with E-state index in [0.29, 0.717) is 0 Å². The highest BCUT2D eigenvalue weighted by molar-refractivity contribution is 14.1. The van der Waals surface area contributed by atoms with Crippen LogP contribution < -0.4 is 4.74 Å². The third kappa shape index (κ3) is 4.69. The smallest absolute Gasteiger partial charge is 0.119 e. The van der Waals surface area contributed by atoms with Crippen LogP contribution in [0.25, 0.3) is 0 Å². The zero-order valence-corrected chi connectivity index (χ0v) is 10.4. The van der Waals surface area contributed by atoms with Gasteiger partial charge in [-0.05, 0) is 43.0 Å². The minimum absolute atomic E-state index is 0.260. The Bertz CT molecular complexity index is 254. The van der Waals surface area contributed by atoms with Crippen molar-refractivity contribution in [1.29, 1.82) is 0 Å². The molecule has 0 aliphatic heterocycles. The number of alkyl halides is 1. The maximum atomic E-state index is 8.80. The zero-order valence-electron chi connectivity index (χ0n) is 8.24. The van der Waals surface area contributed by atoms with Gasteiger partial charge in [0.1, 0.15) is 11.5 Å². The molecule has 1 N–H and O–H groups in total. The minimum Gasteiger partial charge on any atom is -0.508 e. The molecule has 2 nitrogen and oxygen atoms in total. The van der Waals surface area contributed by atoms with Gasteiger partial charge in [-0.1, -0.05) is 22.6 Å². The molecule has 0 radical (unpaired) electrons. The summed E-state index contributed by atoms with van der Waals surface area (Å²) in [5.74, 6) is 2.14. The monoisotopic (exact) mass is 306 g/mol. The fraction of sp³-hybridized carbons (Fsp3) is 0.455. The van der Waals surface area contributed by atoms with Gasteiger partial charge in [0.2, 0.25) is 0 Å². The van der Waals surface area contributed by atoms with Gasteiger partial charge in [-0.3, -0.25) is 0 Å². The first-order valence-corrected chi connectivity index (χ1v) is 6.17. The molecule has 0 bridgehead atoms. The van der Waals surface area contributed by atoms with Crippen LogP contribution in [0.15, 0.2) is 24.3 Å². The van der Waals surface area contributed by atoms with Crippen LogP contribution in [0, 0.1) is 5.92 Å². The van der Waals surface area contributed by atoms with Crippen molar-refractivity contribution in [1.82, 2.24) is 0 Å². The highest BCUT2D eigenvalue weighted by Gasteiger charge is 2.18. The van der Waals surface area contributed by atoms with Crippen molar-refractivity contribution < 1.29 is 9.84 Å². The summed E-state index contributed by atoms with van der Waals surface area (Å²) in [4.78, 5) is 0. The maximum Gasteiger partial charge on any atom is 0.119 e. The first-order valence-electron chi connectivity index (χ1n) is 4.65. The van der Waals surface area contributed by atoms with Crippen LogP contribution in [0.1, 0.15) is 12.8 Å². The Hall–Kier alpha value is -0.450.